The van der Waals surface area contributed by atoms with E-state index in [2.05, 4.69) is 0 Å². The van der Waals surface area contributed by atoms with E-state index in [-0.39, 0.29) is 17.9 Å². The Morgan fingerprint density at radius 3 is 2.24 bits per heavy atom. The van der Waals surface area contributed by atoms with E-state index in [1.807, 2.05) is 23.1 Å². The Labute approximate surface area is 218 Å². The predicted octanol–water partition coefficient (Wildman–Crippen LogP) is 4.64. The van der Waals surface area contributed by atoms with Crippen LogP contribution in [0, 0.1) is 5.92 Å². The second-order valence-electron chi connectivity index (χ2n) is 9.58. The molecule has 1 saturated heterocycles. The molecule has 0 aromatic heterocycles. The Morgan fingerprint density at radius 2 is 1.62 bits per heavy atom. The predicted molar refractivity (Wildman–Crippen MR) is 141 cm³/mol. The number of likely N-dealkylation sites (tertiary alicyclic amines) is 1. The van der Waals surface area contributed by atoms with Crippen LogP contribution in [0.2, 0.25) is 0 Å². The van der Waals surface area contributed by atoms with Crippen molar-refractivity contribution in [1.82, 2.24) is 4.90 Å². The topological polar surface area (TPSA) is 86.7 Å². The van der Waals surface area contributed by atoms with Crippen molar-refractivity contribution in [2.45, 2.75) is 43.7 Å². The SMILES string of the molecule is COc1ccc(OC)c([C@H]2[C@@H]3CCCC[C@]3(O)CCN2C(=O)/C=C/c2cc(OC)c(OC)c(OC)c2)c1. The van der Waals surface area contributed by atoms with Gasteiger partial charge in [0.25, 0.3) is 0 Å². The number of amides is 1. The summed E-state index contributed by atoms with van der Waals surface area (Å²) in [6.45, 7) is 0.441. The van der Waals surface area contributed by atoms with Gasteiger partial charge < -0.3 is 33.7 Å². The van der Waals surface area contributed by atoms with Crippen molar-refractivity contribution in [3.8, 4) is 28.7 Å². The summed E-state index contributed by atoms with van der Waals surface area (Å²) in [5.74, 6) is 2.63. The second-order valence-corrected chi connectivity index (χ2v) is 9.58. The van der Waals surface area contributed by atoms with E-state index in [1.54, 1.807) is 59.8 Å². The quantitative estimate of drug-likeness (QED) is 0.517. The monoisotopic (exact) mass is 511 g/mol. The van der Waals surface area contributed by atoms with Crippen LogP contribution in [0.4, 0.5) is 0 Å². The molecule has 1 heterocycles. The molecule has 1 amide bonds. The zero-order valence-corrected chi connectivity index (χ0v) is 22.3. The average molecular weight is 512 g/mol. The molecule has 8 nitrogen and oxygen atoms in total. The second kappa shape index (κ2) is 11.3. The third kappa shape index (κ3) is 5.21. The van der Waals surface area contributed by atoms with E-state index in [9.17, 15) is 9.90 Å². The number of methoxy groups -OCH3 is 5. The first-order chi connectivity index (χ1) is 17.9. The van der Waals surface area contributed by atoms with Crippen LogP contribution in [-0.4, -0.2) is 63.6 Å². The molecular formula is C29H37NO7. The number of rotatable bonds is 8. The molecule has 2 aliphatic rings. The van der Waals surface area contributed by atoms with Crippen molar-refractivity contribution in [2.75, 3.05) is 42.1 Å². The summed E-state index contributed by atoms with van der Waals surface area (Å²) in [7, 11) is 7.90. The molecule has 0 spiro atoms. The summed E-state index contributed by atoms with van der Waals surface area (Å²) < 4.78 is 27.5. The van der Waals surface area contributed by atoms with E-state index in [1.165, 1.54) is 0 Å². The van der Waals surface area contributed by atoms with Gasteiger partial charge in [-0.3, -0.25) is 4.79 Å². The molecule has 1 aliphatic heterocycles. The van der Waals surface area contributed by atoms with Crippen LogP contribution in [0.1, 0.15) is 49.3 Å². The molecule has 200 valence electrons. The van der Waals surface area contributed by atoms with E-state index in [0.29, 0.717) is 41.7 Å². The Kier molecular flexibility index (Phi) is 8.17. The first-order valence-corrected chi connectivity index (χ1v) is 12.6. The number of carbonyl (C=O) groups is 1. The van der Waals surface area contributed by atoms with Crippen LogP contribution in [-0.2, 0) is 4.79 Å². The molecule has 0 radical (unpaired) electrons. The summed E-state index contributed by atoms with van der Waals surface area (Å²) in [6, 6.07) is 8.87. The summed E-state index contributed by atoms with van der Waals surface area (Å²) >= 11 is 0. The number of hydrogen-bond donors (Lipinski definition) is 1. The maximum absolute atomic E-state index is 13.7. The first-order valence-electron chi connectivity index (χ1n) is 12.6. The number of hydrogen-bond acceptors (Lipinski definition) is 7. The largest absolute Gasteiger partial charge is 0.497 e. The molecule has 0 unspecified atom stereocenters. The minimum absolute atomic E-state index is 0.102. The molecule has 2 fully saturated rings. The van der Waals surface area contributed by atoms with Gasteiger partial charge in [-0.25, -0.2) is 0 Å². The van der Waals surface area contributed by atoms with Crippen molar-refractivity contribution in [1.29, 1.82) is 0 Å². The van der Waals surface area contributed by atoms with Crippen LogP contribution in [0.5, 0.6) is 28.7 Å². The summed E-state index contributed by atoms with van der Waals surface area (Å²) in [5.41, 5.74) is 0.778. The maximum atomic E-state index is 13.7. The highest BCUT2D eigenvalue weighted by molar-refractivity contribution is 5.92. The van der Waals surface area contributed by atoms with E-state index >= 15 is 0 Å². The van der Waals surface area contributed by atoms with E-state index in [4.69, 9.17) is 23.7 Å². The zero-order valence-electron chi connectivity index (χ0n) is 22.3. The lowest BCUT2D eigenvalue weighted by atomic mass is 9.66. The van der Waals surface area contributed by atoms with Gasteiger partial charge in [-0.1, -0.05) is 12.8 Å². The molecule has 8 heteroatoms. The Morgan fingerprint density at radius 1 is 0.919 bits per heavy atom. The normalized spacial score (nSPS) is 23.4. The number of fused-ring (bicyclic) bond motifs is 1. The Hall–Kier alpha value is -3.39. The van der Waals surface area contributed by atoms with Crippen LogP contribution in [0.15, 0.2) is 36.4 Å². The van der Waals surface area contributed by atoms with Crippen molar-refractivity contribution in [3.05, 3.63) is 47.5 Å². The van der Waals surface area contributed by atoms with E-state index in [0.717, 1.165) is 36.8 Å². The standard InChI is InChI=1S/C29H37NO7/c1-33-20-10-11-23(34-2)21(18-20)27-22-8-6-7-13-29(22,32)14-15-30(27)26(31)12-9-19-16-24(35-3)28(37-5)25(17-19)36-4/h9-12,16-18,22,27,32H,6-8,13-15H2,1-5H3/b12-9+/t22-,27-,29-/m0/s1. The Balaban J connectivity index is 1.72. The summed E-state index contributed by atoms with van der Waals surface area (Å²) in [6.07, 6.45) is 7.43. The van der Waals surface area contributed by atoms with Gasteiger partial charge in [-0.15, -0.1) is 0 Å². The van der Waals surface area contributed by atoms with Gasteiger partial charge in [0.2, 0.25) is 11.7 Å². The van der Waals surface area contributed by atoms with Crippen molar-refractivity contribution >= 4 is 12.0 Å². The molecule has 2 aromatic rings. The summed E-state index contributed by atoms with van der Waals surface area (Å²) in [4.78, 5) is 15.6. The lowest BCUT2D eigenvalue weighted by molar-refractivity contribution is -0.151. The lowest BCUT2D eigenvalue weighted by Crippen LogP contribution is -2.56. The van der Waals surface area contributed by atoms with Crippen LogP contribution >= 0.6 is 0 Å². The van der Waals surface area contributed by atoms with Gasteiger partial charge in [-0.2, -0.15) is 0 Å². The number of benzene rings is 2. The highest BCUT2D eigenvalue weighted by atomic mass is 16.5. The molecule has 1 N–H and O–H groups in total. The van der Waals surface area contributed by atoms with Gasteiger partial charge in [0.1, 0.15) is 11.5 Å². The Bertz CT molecular complexity index is 1120. The lowest BCUT2D eigenvalue weighted by Gasteiger charge is -2.52. The molecule has 0 bridgehead atoms. The zero-order chi connectivity index (χ0) is 26.6. The van der Waals surface area contributed by atoms with Gasteiger partial charge in [0.05, 0.1) is 47.2 Å². The molecular weight excluding hydrogens is 474 g/mol. The minimum Gasteiger partial charge on any atom is -0.497 e. The van der Waals surface area contributed by atoms with E-state index < -0.39 is 5.60 Å². The highest BCUT2D eigenvalue weighted by Crippen LogP contribution is 2.51. The third-order valence-corrected chi connectivity index (χ3v) is 7.71. The highest BCUT2D eigenvalue weighted by Gasteiger charge is 2.50. The smallest absolute Gasteiger partial charge is 0.247 e. The molecule has 3 atom stereocenters. The fraction of sp³-hybridized carbons (Fsp3) is 0.483. The molecule has 1 aliphatic carbocycles. The van der Waals surface area contributed by atoms with Crippen LogP contribution < -0.4 is 23.7 Å². The molecule has 37 heavy (non-hydrogen) atoms. The van der Waals surface area contributed by atoms with Gasteiger partial charge in [0, 0.05) is 24.1 Å². The molecule has 4 rings (SSSR count). The van der Waals surface area contributed by atoms with Gasteiger partial charge in [-0.05, 0) is 61.2 Å². The van der Waals surface area contributed by atoms with Crippen LogP contribution in [0.3, 0.4) is 0 Å². The van der Waals surface area contributed by atoms with Gasteiger partial charge in [0.15, 0.2) is 11.5 Å². The maximum Gasteiger partial charge on any atom is 0.247 e. The fourth-order valence-electron chi connectivity index (χ4n) is 5.85. The summed E-state index contributed by atoms with van der Waals surface area (Å²) in [5, 5.41) is 11.6. The fourth-order valence-corrected chi connectivity index (χ4v) is 5.85. The molecule has 1 saturated carbocycles. The van der Waals surface area contributed by atoms with Crippen molar-refractivity contribution in [3.63, 3.8) is 0 Å². The number of piperidine rings is 1. The van der Waals surface area contributed by atoms with Crippen molar-refractivity contribution in [2.24, 2.45) is 5.92 Å². The molecule has 2 aromatic carbocycles. The number of aliphatic hydroxyl groups is 1. The average Bonchev–Trinajstić information content (AvgIpc) is 2.93. The third-order valence-electron chi connectivity index (χ3n) is 7.71. The van der Waals surface area contributed by atoms with Crippen LogP contribution in [0.25, 0.3) is 6.08 Å². The minimum atomic E-state index is -0.811. The number of nitrogens with zero attached hydrogens (tertiary/aromatic N) is 1. The van der Waals surface area contributed by atoms with Crippen molar-refractivity contribution < 1.29 is 33.6 Å². The van der Waals surface area contributed by atoms with Gasteiger partial charge >= 0.3 is 0 Å². The number of carbonyl (C=O) groups excluding carboxylic acids is 1. The number of ether oxygens (including phenoxy) is 5. The first kappa shape index (κ1) is 26.7.